The van der Waals surface area contributed by atoms with E-state index >= 15 is 0 Å². The van der Waals surface area contributed by atoms with Crippen LogP contribution in [0.1, 0.15) is 22.1 Å². The van der Waals surface area contributed by atoms with Crippen molar-refractivity contribution in [3.8, 4) is 0 Å². The molecule has 2 aromatic heterocycles. The third-order valence-electron chi connectivity index (χ3n) is 5.26. The Balaban J connectivity index is 1.41. The number of hydrogen-bond acceptors (Lipinski definition) is 6. The molecule has 0 spiro atoms. The Morgan fingerprint density at radius 1 is 1.10 bits per heavy atom. The van der Waals surface area contributed by atoms with Gasteiger partial charge >= 0.3 is 0 Å². The Bertz CT molecular complexity index is 1300. The molecule has 9 nitrogen and oxygen atoms in total. The molecule has 1 atom stereocenters. The summed E-state index contributed by atoms with van der Waals surface area (Å²) in [6, 6.07) is 18.3. The number of anilines is 2. The SMILES string of the molecule is CN1c2ncccc2C(=O)N[C@H]1c1ccccc1NC(=O)Cn1nnc2ccccc21. The number of nitrogens with zero attached hydrogens (tertiary/aromatic N) is 5. The first-order valence-corrected chi connectivity index (χ1v) is 9.77. The van der Waals surface area contributed by atoms with Gasteiger partial charge in [0.15, 0.2) is 0 Å². The van der Waals surface area contributed by atoms with Gasteiger partial charge < -0.3 is 15.5 Å². The van der Waals surface area contributed by atoms with E-state index in [-0.39, 0.29) is 18.4 Å². The zero-order chi connectivity index (χ0) is 21.4. The normalized spacial score (nSPS) is 15.5. The smallest absolute Gasteiger partial charge is 0.256 e. The molecule has 2 aromatic carbocycles. The number of aromatic nitrogens is 4. The average Bonchev–Trinajstić information content (AvgIpc) is 3.19. The summed E-state index contributed by atoms with van der Waals surface area (Å²) in [4.78, 5) is 31.6. The topological polar surface area (TPSA) is 105 Å². The molecule has 3 heterocycles. The lowest BCUT2D eigenvalue weighted by Crippen LogP contribution is -2.45. The summed E-state index contributed by atoms with van der Waals surface area (Å²) in [5.41, 5.74) is 3.39. The van der Waals surface area contributed by atoms with Gasteiger partial charge in [-0.3, -0.25) is 9.59 Å². The number of carbonyl (C=O) groups is 2. The first kappa shape index (κ1) is 18.7. The molecular weight excluding hydrogens is 394 g/mol. The minimum absolute atomic E-state index is 0.0199. The van der Waals surface area contributed by atoms with Gasteiger partial charge in [-0.25, -0.2) is 9.67 Å². The molecule has 5 rings (SSSR count). The number of benzene rings is 2. The molecule has 1 aliphatic heterocycles. The molecule has 2 N–H and O–H groups in total. The Hall–Kier alpha value is -4.27. The fourth-order valence-corrected chi connectivity index (χ4v) is 3.77. The Labute approximate surface area is 177 Å². The molecule has 0 bridgehead atoms. The van der Waals surface area contributed by atoms with E-state index in [4.69, 9.17) is 0 Å². The molecule has 0 unspecified atom stereocenters. The molecular formula is C22H19N7O2. The quantitative estimate of drug-likeness (QED) is 0.532. The first-order valence-electron chi connectivity index (χ1n) is 9.77. The zero-order valence-corrected chi connectivity index (χ0v) is 16.7. The van der Waals surface area contributed by atoms with Crippen LogP contribution in [-0.4, -0.2) is 38.8 Å². The highest BCUT2D eigenvalue weighted by Gasteiger charge is 2.31. The van der Waals surface area contributed by atoms with Crippen LogP contribution in [-0.2, 0) is 11.3 Å². The van der Waals surface area contributed by atoms with Crippen LogP contribution >= 0.6 is 0 Å². The van der Waals surface area contributed by atoms with Gasteiger partial charge in [0, 0.05) is 24.5 Å². The minimum atomic E-state index is -0.474. The summed E-state index contributed by atoms with van der Waals surface area (Å²) >= 11 is 0. The third-order valence-corrected chi connectivity index (χ3v) is 5.26. The van der Waals surface area contributed by atoms with Crippen LogP contribution < -0.4 is 15.5 Å². The number of amides is 2. The van der Waals surface area contributed by atoms with Crippen LogP contribution in [0.15, 0.2) is 66.9 Å². The van der Waals surface area contributed by atoms with Crippen LogP contribution in [0.3, 0.4) is 0 Å². The van der Waals surface area contributed by atoms with E-state index in [1.165, 1.54) is 0 Å². The molecule has 0 saturated carbocycles. The van der Waals surface area contributed by atoms with Gasteiger partial charge in [-0.05, 0) is 30.3 Å². The summed E-state index contributed by atoms with van der Waals surface area (Å²) in [6.45, 7) is 0.0199. The van der Waals surface area contributed by atoms with Gasteiger partial charge in [0.05, 0.1) is 11.1 Å². The van der Waals surface area contributed by atoms with E-state index in [1.54, 1.807) is 29.1 Å². The van der Waals surface area contributed by atoms with Gasteiger partial charge in [-0.1, -0.05) is 35.5 Å². The first-order chi connectivity index (χ1) is 15.1. The van der Waals surface area contributed by atoms with Crippen LogP contribution in [0.2, 0.25) is 0 Å². The van der Waals surface area contributed by atoms with E-state index in [0.717, 1.165) is 16.6 Å². The van der Waals surface area contributed by atoms with Crippen molar-refractivity contribution in [2.45, 2.75) is 12.7 Å². The number of fused-ring (bicyclic) bond motifs is 2. The second kappa shape index (κ2) is 7.52. The monoisotopic (exact) mass is 413 g/mol. The molecule has 154 valence electrons. The standard InChI is InChI=1S/C22H19N7O2/c1-28-20-15(8-6-12-23-20)22(31)25-21(28)14-7-2-3-9-16(14)24-19(30)13-29-18-11-5-4-10-17(18)26-27-29/h2-12,21H,13H2,1H3,(H,24,30)(H,25,31)/t21-/m1/s1. The van der Waals surface area contributed by atoms with Crippen molar-refractivity contribution in [3.05, 3.63) is 78.0 Å². The number of para-hydroxylation sites is 2. The highest BCUT2D eigenvalue weighted by Crippen LogP contribution is 2.33. The van der Waals surface area contributed by atoms with Crippen molar-refractivity contribution >= 4 is 34.4 Å². The Morgan fingerprint density at radius 3 is 2.81 bits per heavy atom. The van der Waals surface area contributed by atoms with Crippen LogP contribution in [0.25, 0.3) is 11.0 Å². The molecule has 4 aromatic rings. The number of nitrogens with one attached hydrogen (secondary N) is 2. The minimum Gasteiger partial charge on any atom is -0.335 e. The lowest BCUT2D eigenvalue weighted by molar-refractivity contribution is -0.116. The van der Waals surface area contributed by atoms with Crippen molar-refractivity contribution in [3.63, 3.8) is 0 Å². The molecule has 0 radical (unpaired) electrons. The molecule has 9 heteroatoms. The second-order valence-corrected chi connectivity index (χ2v) is 7.23. The fraction of sp³-hybridized carbons (Fsp3) is 0.136. The van der Waals surface area contributed by atoms with E-state index in [2.05, 4.69) is 25.9 Å². The van der Waals surface area contributed by atoms with Gasteiger partial charge in [0.25, 0.3) is 5.91 Å². The maximum atomic E-state index is 12.8. The largest absolute Gasteiger partial charge is 0.335 e. The second-order valence-electron chi connectivity index (χ2n) is 7.23. The predicted octanol–water partition coefficient (Wildman–Crippen LogP) is 2.34. The van der Waals surface area contributed by atoms with Crippen LogP contribution in [0, 0.1) is 0 Å². The van der Waals surface area contributed by atoms with Crippen LogP contribution in [0.5, 0.6) is 0 Å². The summed E-state index contributed by atoms with van der Waals surface area (Å²) in [7, 11) is 1.86. The van der Waals surface area contributed by atoms with E-state index in [9.17, 15) is 9.59 Å². The van der Waals surface area contributed by atoms with Gasteiger partial charge in [-0.15, -0.1) is 5.10 Å². The highest BCUT2D eigenvalue weighted by molar-refractivity contribution is 6.01. The predicted molar refractivity (Wildman–Crippen MR) is 115 cm³/mol. The number of pyridine rings is 1. The fourth-order valence-electron chi connectivity index (χ4n) is 3.77. The Kier molecular flexibility index (Phi) is 4.55. The van der Waals surface area contributed by atoms with Gasteiger partial charge in [0.1, 0.15) is 24.0 Å². The summed E-state index contributed by atoms with van der Waals surface area (Å²) < 4.78 is 1.56. The van der Waals surface area contributed by atoms with Crippen molar-refractivity contribution in [1.82, 2.24) is 25.3 Å². The van der Waals surface area contributed by atoms with Gasteiger partial charge in [0.2, 0.25) is 5.91 Å². The molecule has 0 saturated heterocycles. The highest BCUT2D eigenvalue weighted by atomic mass is 16.2. The number of hydrogen-bond donors (Lipinski definition) is 2. The van der Waals surface area contributed by atoms with E-state index < -0.39 is 6.17 Å². The van der Waals surface area contributed by atoms with Gasteiger partial charge in [-0.2, -0.15) is 0 Å². The number of carbonyl (C=O) groups excluding carboxylic acids is 2. The zero-order valence-electron chi connectivity index (χ0n) is 16.7. The van der Waals surface area contributed by atoms with E-state index in [0.29, 0.717) is 17.1 Å². The van der Waals surface area contributed by atoms with E-state index in [1.807, 2.05) is 54.4 Å². The van der Waals surface area contributed by atoms with Crippen molar-refractivity contribution < 1.29 is 9.59 Å². The molecule has 31 heavy (non-hydrogen) atoms. The Morgan fingerprint density at radius 2 is 1.90 bits per heavy atom. The summed E-state index contributed by atoms with van der Waals surface area (Å²) in [5.74, 6) is 0.138. The van der Waals surface area contributed by atoms with Crippen molar-refractivity contribution in [1.29, 1.82) is 0 Å². The molecule has 0 aliphatic carbocycles. The maximum absolute atomic E-state index is 12.8. The number of rotatable bonds is 4. The maximum Gasteiger partial charge on any atom is 0.256 e. The summed E-state index contributed by atoms with van der Waals surface area (Å²) in [6.07, 6.45) is 1.18. The molecule has 1 aliphatic rings. The average molecular weight is 413 g/mol. The van der Waals surface area contributed by atoms with Crippen molar-refractivity contribution in [2.24, 2.45) is 0 Å². The molecule has 0 fully saturated rings. The van der Waals surface area contributed by atoms with Crippen molar-refractivity contribution in [2.75, 3.05) is 17.3 Å². The lowest BCUT2D eigenvalue weighted by Gasteiger charge is -2.36. The molecule has 2 amide bonds. The lowest BCUT2D eigenvalue weighted by atomic mass is 10.0. The van der Waals surface area contributed by atoms with Crippen LogP contribution in [0.4, 0.5) is 11.5 Å². The summed E-state index contributed by atoms with van der Waals surface area (Å²) in [5, 5.41) is 14.1. The third kappa shape index (κ3) is 3.35.